The van der Waals surface area contributed by atoms with E-state index >= 15 is 0 Å². The van der Waals surface area contributed by atoms with Crippen molar-refractivity contribution in [2.75, 3.05) is 33.4 Å². The molecule has 5 rings (SSSR count). The van der Waals surface area contributed by atoms with Crippen LogP contribution in [0.4, 0.5) is 0 Å². The maximum Gasteiger partial charge on any atom is 0.243 e. The van der Waals surface area contributed by atoms with Crippen molar-refractivity contribution >= 4 is 15.9 Å². The lowest BCUT2D eigenvalue weighted by Crippen LogP contribution is -2.43. The summed E-state index contributed by atoms with van der Waals surface area (Å²) >= 11 is 0. The Bertz CT molecular complexity index is 1300. The Morgan fingerprint density at radius 2 is 1.77 bits per heavy atom. The molecule has 3 heterocycles. The molecule has 0 saturated carbocycles. The van der Waals surface area contributed by atoms with Gasteiger partial charge < -0.3 is 14.4 Å². The van der Waals surface area contributed by atoms with Gasteiger partial charge in [0.2, 0.25) is 15.9 Å². The molecule has 0 aliphatic carbocycles. The molecule has 1 amide bonds. The summed E-state index contributed by atoms with van der Waals surface area (Å²) in [5.41, 5.74) is 1.89. The van der Waals surface area contributed by atoms with Crippen molar-refractivity contribution < 1.29 is 22.7 Å². The van der Waals surface area contributed by atoms with E-state index < -0.39 is 10.0 Å². The van der Waals surface area contributed by atoms with Gasteiger partial charge in [-0.3, -0.25) is 4.79 Å². The van der Waals surface area contributed by atoms with E-state index in [0.29, 0.717) is 57.2 Å². The normalized spacial score (nSPS) is 16.7. The van der Waals surface area contributed by atoms with E-state index in [2.05, 4.69) is 5.10 Å². The van der Waals surface area contributed by atoms with Crippen LogP contribution in [0.15, 0.2) is 65.8 Å². The van der Waals surface area contributed by atoms with Gasteiger partial charge >= 0.3 is 0 Å². The highest BCUT2D eigenvalue weighted by Gasteiger charge is 2.34. The Kier molecular flexibility index (Phi) is 6.48. The Morgan fingerprint density at radius 3 is 2.51 bits per heavy atom. The van der Waals surface area contributed by atoms with Gasteiger partial charge in [0.25, 0.3) is 0 Å². The number of rotatable bonds is 6. The summed E-state index contributed by atoms with van der Waals surface area (Å²) < 4.78 is 40.6. The predicted molar refractivity (Wildman–Crippen MR) is 129 cm³/mol. The molecule has 0 unspecified atom stereocenters. The van der Waals surface area contributed by atoms with Gasteiger partial charge in [-0.25, -0.2) is 13.1 Å². The van der Waals surface area contributed by atoms with Crippen LogP contribution < -0.4 is 9.47 Å². The molecule has 0 spiro atoms. The van der Waals surface area contributed by atoms with Gasteiger partial charge in [-0.05, 0) is 37.1 Å². The van der Waals surface area contributed by atoms with Gasteiger partial charge in [-0.15, -0.1) is 0 Å². The second kappa shape index (κ2) is 9.71. The van der Waals surface area contributed by atoms with Gasteiger partial charge in [0.05, 0.1) is 16.8 Å². The standard InChI is InChI=1S/C25H28N4O5S/c1-27(17-19-16-26-29(18-19)21-5-3-2-4-6-21)25(30)20-9-11-28(12-10-20)35(31,32)22-7-8-23-24(15-22)34-14-13-33-23/h2-8,15-16,18,20H,9-14,17H2,1H3. The van der Waals surface area contributed by atoms with Crippen LogP contribution in [-0.2, 0) is 21.4 Å². The summed E-state index contributed by atoms with van der Waals surface area (Å²) in [6.07, 6.45) is 4.65. The van der Waals surface area contributed by atoms with E-state index in [0.717, 1.165) is 11.3 Å². The maximum atomic E-state index is 13.2. The van der Waals surface area contributed by atoms with Crippen LogP contribution in [-0.4, -0.2) is 66.7 Å². The molecule has 35 heavy (non-hydrogen) atoms. The number of benzene rings is 2. The quantitative estimate of drug-likeness (QED) is 0.521. The summed E-state index contributed by atoms with van der Waals surface area (Å²) in [4.78, 5) is 14.9. The van der Waals surface area contributed by atoms with Gasteiger partial charge in [-0.2, -0.15) is 9.40 Å². The number of hydrogen-bond donors (Lipinski definition) is 0. The fraction of sp³-hybridized carbons (Fsp3) is 0.360. The highest BCUT2D eigenvalue weighted by molar-refractivity contribution is 7.89. The van der Waals surface area contributed by atoms with Crippen molar-refractivity contribution in [2.24, 2.45) is 5.92 Å². The lowest BCUT2D eigenvalue weighted by Gasteiger charge is -2.32. The molecule has 1 aromatic heterocycles. The molecule has 2 aliphatic heterocycles. The zero-order valence-corrected chi connectivity index (χ0v) is 20.4. The van der Waals surface area contributed by atoms with Crippen molar-refractivity contribution in [3.05, 3.63) is 66.5 Å². The molecule has 184 valence electrons. The number of ether oxygens (including phenoxy) is 2. The number of fused-ring (bicyclic) bond motifs is 1. The van der Waals surface area contributed by atoms with E-state index in [1.54, 1.807) is 35.0 Å². The SMILES string of the molecule is CN(Cc1cnn(-c2ccccc2)c1)C(=O)C1CCN(S(=O)(=O)c2ccc3c(c2)OCCO3)CC1. The van der Waals surface area contributed by atoms with Crippen LogP contribution in [0.1, 0.15) is 18.4 Å². The zero-order valence-electron chi connectivity index (χ0n) is 19.5. The number of hydrogen-bond acceptors (Lipinski definition) is 6. The van der Waals surface area contributed by atoms with E-state index in [1.165, 1.54) is 10.4 Å². The van der Waals surface area contributed by atoms with Gasteiger partial charge in [0.15, 0.2) is 11.5 Å². The number of carbonyl (C=O) groups excluding carboxylic acids is 1. The monoisotopic (exact) mass is 496 g/mol. The molecule has 10 heteroatoms. The molecular weight excluding hydrogens is 468 g/mol. The fourth-order valence-electron chi connectivity index (χ4n) is 4.50. The lowest BCUT2D eigenvalue weighted by atomic mass is 9.96. The molecule has 1 saturated heterocycles. The van der Waals surface area contributed by atoms with Gasteiger partial charge in [0, 0.05) is 50.4 Å². The van der Waals surface area contributed by atoms with Crippen LogP contribution in [0.5, 0.6) is 11.5 Å². The highest BCUT2D eigenvalue weighted by Crippen LogP contribution is 2.34. The minimum atomic E-state index is -3.68. The molecule has 2 aromatic carbocycles. The summed E-state index contributed by atoms with van der Waals surface area (Å²) in [7, 11) is -1.90. The van der Waals surface area contributed by atoms with Crippen molar-refractivity contribution in [1.29, 1.82) is 0 Å². The lowest BCUT2D eigenvalue weighted by molar-refractivity contribution is -0.135. The first kappa shape index (κ1) is 23.4. The molecule has 2 aliphatic rings. The third kappa shape index (κ3) is 4.89. The number of carbonyl (C=O) groups is 1. The first-order valence-corrected chi connectivity index (χ1v) is 13.1. The molecule has 1 fully saturated rings. The van der Waals surface area contributed by atoms with E-state index in [1.807, 2.05) is 36.5 Å². The number of piperidine rings is 1. The van der Waals surface area contributed by atoms with Crippen molar-refractivity contribution in [2.45, 2.75) is 24.3 Å². The first-order chi connectivity index (χ1) is 16.9. The Morgan fingerprint density at radius 1 is 1.06 bits per heavy atom. The largest absolute Gasteiger partial charge is 0.486 e. The van der Waals surface area contributed by atoms with Gasteiger partial charge in [-0.1, -0.05) is 18.2 Å². The number of sulfonamides is 1. The highest BCUT2D eigenvalue weighted by atomic mass is 32.2. The Hall–Kier alpha value is -3.37. The van der Waals surface area contributed by atoms with Crippen molar-refractivity contribution in [3.63, 3.8) is 0 Å². The van der Waals surface area contributed by atoms with Crippen molar-refractivity contribution in [1.82, 2.24) is 19.0 Å². The van der Waals surface area contributed by atoms with Crippen LogP contribution in [0.3, 0.4) is 0 Å². The average molecular weight is 497 g/mol. The molecule has 0 radical (unpaired) electrons. The maximum absolute atomic E-state index is 13.2. The van der Waals surface area contributed by atoms with Crippen LogP contribution >= 0.6 is 0 Å². The second-order valence-electron chi connectivity index (χ2n) is 8.81. The topological polar surface area (TPSA) is 94.0 Å². The Labute approximate surface area is 204 Å². The zero-order chi connectivity index (χ0) is 24.4. The average Bonchev–Trinajstić information content (AvgIpc) is 3.37. The summed E-state index contributed by atoms with van der Waals surface area (Å²) in [6, 6.07) is 14.5. The first-order valence-electron chi connectivity index (χ1n) is 11.7. The van der Waals surface area contributed by atoms with E-state index in [9.17, 15) is 13.2 Å². The van der Waals surface area contributed by atoms with Crippen LogP contribution in [0.25, 0.3) is 5.69 Å². The number of amides is 1. The Balaban J connectivity index is 1.18. The van der Waals surface area contributed by atoms with Gasteiger partial charge in [0.1, 0.15) is 13.2 Å². The minimum absolute atomic E-state index is 0.0221. The molecule has 0 atom stereocenters. The third-order valence-corrected chi connectivity index (χ3v) is 8.30. The minimum Gasteiger partial charge on any atom is -0.486 e. The molecule has 0 bridgehead atoms. The fourth-order valence-corrected chi connectivity index (χ4v) is 5.99. The third-order valence-electron chi connectivity index (χ3n) is 6.41. The van der Waals surface area contributed by atoms with E-state index in [4.69, 9.17) is 9.47 Å². The molecule has 0 N–H and O–H groups in total. The second-order valence-corrected chi connectivity index (χ2v) is 10.7. The molecule has 9 nitrogen and oxygen atoms in total. The molecule has 3 aromatic rings. The summed E-state index contributed by atoms with van der Waals surface area (Å²) in [5.74, 6) is 0.807. The van der Waals surface area contributed by atoms with Crippen LogP contribution in [0.2, 0.25) is 0 Å². The summed E-state index contributed by atoms with van der Waals surface area (Å²) in [6.45, 7) is 1.89. The number of aromatic nitrogens is 2. The number of nitrogens with zero attached hydrogens (tertiary/aromatic N) is 4. The number of para-hydroxylation sites is 1. The van der Waals surface area contributed by atoms with Crippen LogP contribution in [0, 0.1) is 5.92 Å². The van der Waals surface area contributed by atoms with E-state index in [-0.39, 0.29) is 16.7 Å². The summed E-state index contributed by atoms with van der Waals surface area (Å²) in [5, 5.41) is 4.39. The molecular formula is C25H28N4O5S. The predicted octanol–water partition coefficient (Wildman–Crippen LogP) is 2.70. The smallest absolute Gasteiger partial charge is 0.243 e. The van der Waals surface area contributed by atoms with Crippen molar-refractivity contribution in [3.8, 4) is 17.2 Å².